The minimum absolute atomic E-state index is 0.452. The summed E-state index contributed by atoms with van der Waals surface area (Å²) < 4.78 is 0. The highest BCUT2D eigenvalue weighted by Crippen LogP contribution is 2.69. The van der Waals surface area contributed by atoms with E-state index in [1.54, 1.807) is 0 Å². The Kier molecular flexibility index (Phi) is 3.04. The monoisotopic (exact) mass is 312 g/mol. The molecule has 0 bridgehead atoms. The summed E-state index contributed by atoms with van der Waals surface area (Å²) in [6.45, 7) is 3.42. The van der Waals surface area contributed by atoms with Crippen molar-refractivity contribution in [2.24, 2.45) is 28.1 Å². The van der Waals surface area contributed by atoms with Gasteiger partial charge in [0.1, 0.15) is 22.5 Å². The van der Waals surface area contributed by atoms with Crippen molar-refractivity contribution in [3.05, 3.63) is 0 Å². The maximum Gasteiger partial charge on any atom is 0.317 e. The lowest BCUT2D eigenvalue weighted by Gasteiger charge is -2.36. The number of hydrogen-bond donors (Lipinski definition) is 3. The van der Waals surface area contributed by atoms with E-state index in [-0.39, 0.29) is 0 Å². The predicted molar refractivity (Wildman–Crippen MR) is 68.8 cm³/mol. The number of fused-ring (bicyclic) bond motifs is 1. The molecule has 0 amide bonds. The van der Waals surface area contributed by atoms with Crippen LogP contribution >= 0.6 is 0 Å². The summed E-state index contributed by atoms with van der Waals surface area (Å²) >= 11 is 0. The number of Topliss-reactive ketones (excluding diaryl/α,β-unsaturated/α-hetero) is 2. The smallest absolute Gasteiger partial charge is 0.317 e. The second kappa shape index (κ2) is 4.15. The molecule has 0 aromatic rings. The van der Waals surface area contributed by atoms with E-state index in [0.717, 1.165) is 13.8 Å². The van der Waals surface area contributed by atoms with E-state index < -0.39 is 64.0 Å². The molecule has 22 heavy (non-hydrogen) atoms. The summed E-state index contributed by atoms with van der Waals surface area (Å²) in [5.41, 5.74) is -5.94. The van der Waals surface area contributed by atoms with Gasteiger partial charge in [0.15, 0.2) is 5.78 Å². The van der Waals surface area contributed by atoms with Crippen LogP contribution in [-0.2, 0) is 24.0 Å². The molecule has 8 nitrogen and oxygen atoms in total. The number of carbonyl (C=O) groups is 5. The third-order valence-electron chi connectivity index (χ3n) is 5.74. The average molecular weight is 312 g/mol. The summed E-state index contributed by atoms with van der Waals surface area (Å²) in [5.74, 6) is -9.60. The number of rotatable bonds is 3. The Hall–Kier alpha value is -2.25. The molecule has 0 aliphatic heterocycles. The largest absolute Gasteiger partial charge is 0.481 e. The topological polar surface area (TPSA) is 146 Å². The Morgan fingerprint density at radius 2 is 1.50 bits per heavy atom. The Balaban J connectivity index is 2.84. The summed E-state index contributed by atoms with van der Waals surface area (Å²) in [4.78, 5) is 59.6. The molecule has 0 heterocycles. The van der Waals surface area contributed by atoms with Gasteiger partial charge in [0.2, 0.25) is 0 Å². The van der Waals surface area contributed by atoms with Crippen LogP contribution in [0, 0.1) is 28.1 Å². The zero-order valence-electron chi connectivity index (χ0n) is 12.2. The number of ketones is 2. The van der Waals surface area contributed by atoms with Crippen LogP contribution in [0.2, 0.25) is 0 Å². The van der Waals surface area contributed by atoms with Gasteiger partial charge in [0, 0.05) is 17.8 Å². The highest BCUT2D eigenvalue weighted by atomic mass is 16.4. The number of carbonyl (C=O) groups excluding carboxylic acids is 2. The SMILES string of the molecule is C[C@@]1(C(=O)O)C(=O)[C@](C)(C(=O)O)[C@@]2(C)CC(=O)[C@H](C(=O)O)[C@H]12. The summed E-state index contributed by atoms with van der Waals surface area (Å²) in [5, 5.41) is 28.3. The molecule has 5 atom stereocenters. The second-order valence-corrected chi connectivity index (χ2v) is 6.62. The highest BCUT2D eigenvalue weighted by Gasteiger charge is 2.80. The molecule has 2 rings (SSSR count). The molecule has 0 aromatic carbocycles. The van der Waals surface area contributed by atoms with Crippen molar-refractivity contribution in [1.82, 2.24) is 0 Å². The fourth-order valence-electron chi connectivity index (χ4n) is 4.37. The molecule has 2 aliphatic carbocycles. The lowest BCUT2D eigenvalue weighted by Crippen LogP contribution is -2.47. The van der Waals surface area contributed by atoms with Crippen molar-refractivity contribution in [3.8, 4) is 0 Å². The molecular formula is C14H16O8. The number of carboxylic acids is 3. The summed E-state index contributed by atoms with van der Waals surface area (Å²) in [7, 11) is 0. The van der Waals surface area contributed by atoms with Gasteiger partial charge in [-0.3, -0.25) is 24.0 Å². The van der Waals surface area contributed by atoms with Gasteiger partial charge in [0.25, 0.3) is 0 Å². The molecule has 0 radical (unpaired) electrons. The predicted octanol–water partition coefficient (Wildman–Crippen LogP) is 0.0470. The summed E-state index contributed by atoms with van der Waals surface area (Å²) in [6, 6.07) is 0. The molecule has 0 unspecified atom stereocenters. The first-order valence-electron chi connectivity index (χ1n) is 6.64. The van der Waals surface area contributed by atoms with Gasteiger partial charge < -0.3 is 15.3 Å². The third-order valence-corrected chi connectivity index (χ3v) is 5.74. The van der Waals surface area contributed by atoms with E-state index in [0.29, 0.717) is 0 Å². The standard InChI is InChI=1S/C14H16O8/c1-12-4-5(15)6(8(16)17)7(12)13(2,10(19)20)9(18)14(12,3)11(21)22/h6-7H,4H2,1-3H3,(H,16,17)(H,19,20)(H,21,22)/t6-,7-,12-,13-,14+/m0/s1. The zero-order valence-corrected chi connectivity index (χ0v) is 12.2. The minimum atomic E-state index is -2.24. The Morgan fingerprint density at radius 3 is 1.86 bits per heavy atom. The Morgan fingerprint density at radius 1 is 1.00 bits per heavy atom. The molecule has 3 N–H and O–H groups in total. The van der Waals surface area contributed by atoms with Crippen LogP contribution in [0.25, 0.3) is 0 Å². The fraction of sp³-hybridized carbons (Fsp3) is 0.643. The number of carboxylic acid groups (broad SMARTS) is 3. The van der Waals surface area contributed by atoms with Crippen LogP contribution in [0.3, 0.4) is 0 Å². The molecule has 0 aromatic heterocycles. The quantitative estimate of drug-likeness (QED) is 0.619. The first kappa shape index (κ1) is 16.1. The van der Waals surface area contributed by atoms with E-state index in [1.807, 2.05) is 0 Å². The van der Waals surface area contributed by atoms with Crippen molar-refractivity contribution in [2.75, 3.05) is 0 Å². The maximum atomic E-state index is 12.7. The van der Waals surface area contributed by atoms with E-state index >= 15 is 0 Å². The molecule has 8 heteroatoms. The number of hydrogen-bond acceptors (Lipinski definition) is 5. The average Bonchev–Trinajstić information content (AvgIpc) is 2.73. The van der Waals surface area contributed by atoms with Crippen LogP contribution < -0.4 is 0 Å². The fourth-order valence-corrected chi connectivity index (χ4v) is 4.37. The Bertz CT molecular complexity index is 637. The molecule has 2 fully saturated rings. The van der Waals surface area contributed by atoms with Crippen molar-refractivity contribution in [2.45, 2.75) is 27.2 Å². The zero-order chi connectivity index (χ0) is 17.2. The number of aliphatic carboxylic acids is 3. The molecule has 0 spiro atoms. The lowest BCUT2D eigenvalue weighted by atomic mass is 9.63. The first-order valence-corrected chi connectivity index (χ1v) is 6.64. The first-order chi connectivity index (χ1) is 9.86. The van der Waals surface area contributed by atoms with Crippen LogP contribution in [-0.4, -0.2) is 44.8 Å². The van der Waals surface area contributed by atoms with Crippen LogP contribution in [0.1, 0.15) is 27.2 Å². The normalized spacial score (nSPS) is 44.0. The molecule has 0 saturated heterocycles. The molecule has 2 aliphatic rings. The summed E-state index contributed by atoms with van der Waals surface area (Å²) in [6.07, 6.45) is -0.452. The van der Waals surface area contributed by atoms with Crippen LogP contribution in [0.15, 0.2) is 0 Å². The Labute approximate surface area is 125 Å². The van der Waals surface area contributed by atoms with Crippen LogP contribution in [0.5, 0.6) is 0 Å². The third kappa shape index (κ3) is 1.39. The van der Waals surface area contributed by atoms with Gasteiger partial charge in [-0.1, -0.05) is 6.92 Å². The van der Waals surface area contributed by atoms with Gasteiger partial charge in [-0.15, -0.1) is 0 Å². The lowest BCUT2D eigenvalue weighted by molar-refractivity contribution is -0.161. The van der Waals surface area contributed by atoms with Crippen molar-refractivity contribution in [1.29, 1.82) is 0 Å². The van der Waals surface area contributed by atoms with Crippen molar-refractivity contribution in [3.63, 3.8) is 0 Å². The van der Waals surface area contributed by atoms with Gasteiger partial charge in [-0.25, -0.2) is 0 Å². The molecule has 120 valence electrons. The minimum Gasteiger partial charge on any atom is -0.481 e. The molecule has 2 saturated carbocycles. The highest BCUT2D eigenvalue weighted by molar-refractivity contribution is 6.19. The van der Waals surface area contributed by atoms with E-state index in [4.69, 9.17) is 0 Å². The van der Waals surface area contributed by atoms with Crippen LogP contribution in [0.4, 0.5) is 0 Å². The van der Waals surface area contributed by atoms with E-state index in [9.17, 15) is 39.3 Å². The van der Waals surface area contributed by atoms with Gasteiger partial charge >= 0.3 is 17.9 Å². The van der Waals surface area contributed by atoms with Gasteiger partial charge in [-0.05, 0) is 13.8 Å². The van der Waals surface area contributed by atoms with E-state index in [2.05, 4.69) is 0 Å². The van der Waals surface area contributed by atoms with Crippen molar-refractivity contribution < 1.29 is 39.3 Å². The van der Waals surface area contributed by atoms with Gasteiger partial charge in [-0.2, -0.15) is 0 Å². The van der Waals surface area contributed by atoms with E-state index in [1.165, 1.54) is 6.92 Å². The maximum absolute atomic E-state index is 12.7. The van der Waals surface area contributed by atoms with Crippen molar-refractivity contribution >= 4 is 29.5 Å². The second-order valence-electron chi connectivity index (χ2n) is 6.62. The van der Waals surface area contributed by atoms with Gasteiger partial charge in [0.05, 0.1) is 0 Å². The molecular weight excluding hydrogens is 296 g/mol.